The first-order chi connectivity index (χ1) is 16.3. The number of nitrogens with zero attached hydrogens (tertiary/aromatic N) is 2. The summed E-state index contributed by atoms with van der Waals surface area (Å²) in [6, 6.07) is 17.4. The molecule has 1 N–H and O–H groups in total. The number of nitrogens with one attached hydrogen (secondary N) is 1. The summed E-state index contributed by atoms with van der Waals surface area (Å²) in [5.74, 6) is 0.384. The number of methoxy groups -OCH3 is 1. The molecule has 0 saturated heterocycles. The minimum Gasteiger partial charge on any atom is -0.497 e. The standard InChI is InChI=1S/C27H33N3O4/c1-19(2)34-14-8-13-28-26(32)27(3)18-29-23-12-6-5-10-21(23)16-24(29)25(31)30(27)17-20-9-7-11-22(15-20)33-4/h5-7,9-12,15-16,19H,8,13-14,17-18H2,1-4H3,(H,28,32)/t27-/m0/s1. The van der Waals surface area contributed by atoms with Crippen LogP contribution in [0.3, 0.4) is 0 Å². The predicted octanol–water partition coefficient (Wildman–Crippen LogP) is 4.00. The van der Waals surface area contributed by atoms with E-state index in [0.29, 0.717) is 44.1 Å². The maximum Gasteiger partial charge on any atom is 0.271 e. The molecule has 2 amide bonds. The molecule has 1 aliphatic rings. The van der Waals surface area contributed by atoms with E-state index in [2.05, 4.69) is 5.32 Å². The van der Waals surface area contributed by atoms with Crippen LogP contribution < -0.4 is 10.1 Å². The molecule has 7 heteroatoms. The summed E-state index contributed by atoms with van der Waals surface area (Å²) in [5.41, 5.74) is 1.39. The average Bonchev–Trinajstić information content (AvgIpc) is 3.20. The van der Waals surface area contributed by atoms with Gasteiger partial charge >= 0.3 is 0 Å². The molecule has 7 nitrogen and oxygen atoms in total. The number of carbonyl (C=O) groups excluding carboxylic acids is 2. The molecule has 1 aliphatic heterocycles. The molecule has 0 fully saturated rings. The highest BCUT2D eigenvalue weighted by atomic mass is 16.5. The third-order valence-electron chi connectivity index (χ3n) is 6.36. The van der Waals surface area contributed by atoms with Crippen LogP contribution in [0.2, 0.25) is 0 Å². The highest BCUT2D eigenvalue weighted by Crippen LogP contribution is 2.33. The van der Waals surface area contributed by atoms with Gasteiger partial charge in [0.05, 0.1) is 19.8 Å². The zero-order valence-electron chi connectivity index (χ0n) is 20.3. The van der Waals surface area contributed by atoms with Crippen molar-refractivity contribution in [3.8, 4) is 5.75 Å². The van der Waals surface area contributed by atoms with Crippen molar-refractivity contribution < 1.29 is 19.1 Å². The van der Waals surface area contributed by atoms with Gasteiger partial charge in [-0.2, -0.15) is 0 Å². The van der Waals surface area contributed by atoms with Gasteiger partial charge in [-0.1, -0.05) is 30.3 Å². The van der Waals surface area contributed by atoms with Crippen molar-refractivity contribution in [1.29, 1.82) is 0 Å². The number of hydrogen-bond donors (Lipinski definition) is 1. The van der Waals surface area contributed by atoms with Gasteiger partial charge in [-0.3, -0.25) is 9.59 Å². The van der Waals surface area contributed by atoms with E-state index in [1.165, 1.54) is 0 Å². The van der Waals surface area contributed by atoms with Crippen LogP contribution in [0.1, 0.15) is 43.2 Å². The van der Waals surface area contributed by atoms with Gasteiger partial charge in [-0.05, 0) is 57.0 Å². The molecule has 1 atom stereocenters. The van der Waals surface area contributed by atoms with Gasteiger partial charge in [-0.15, -0.1) is 0 Å². The topological polar surface area (TPSA) is 72.8 Å². The van der Waals surface area contributed by atoms with Crippen LogP contribution in [0.4, 0.5) is 0 Å². The molecular formula is C27H33N3O4. The van der Waals surface area contributed by atoms with Gasteiger partial charge < -0.3 is 24.3 Å². The number of amides is 2. The molecule has 2 heterocycles. The van der Waals surface area contributed by atoms with Crippen LogP contribution in [0, 0.1) is 0 Å². The largest absolute Gasteiger partial charge is 0.497 e. The van der Waals surface area contributed by atoms with E-state index in [1.54, 1.807) is 12.0 Å². The number of rotatable bonds is 9. The number of fused-ring (bicyclic) bond motifs is 3. The van der Waals surface area contributed by atoms with Crippen LogP contribution in [0.15, 0.2) is 54.6 Å². The first-order valence-corrected chi connectivity index (χ1v) is 11.8. The van der Waals surface area contributed by atoms with Crippen molar-refractivity contribution in [2.24, 2.45) is 0 Å². The van der Waals surface area contributed by atoms with E-state index in [4.69, 9.17) is 9.47 Å². The van der Waals surface area contributed by atoms with Crippen LogP contribution in [0.25, 0.3) is 10.9 Å². The second-order valence-corrected chi connectivity index (χ2v) is 9.22. The lowest BCUT2D eigenvalue weighted by Crippen LogP contribution is -2.63. The summed E-state index contributed by atoms with van der Waals surface area (Å²) in [4.78, 5) is 29.1. The zero-order chi connectivity index (χ0) is 24.3. The Kier molecular flexibility index (Phi) is 6.93. The Bertz CT molecular complexity index is 1190. The minimum absolute atomic E-state index is 0.156. The maximum atomic E-state index is 13.8. The molecule has 0 spiro atoms. The van der Waals surface area contributed by atoms with Crippen LogP contribution in [0.5, 0.6) is 5.75 Å². The third-order valence-corrected chi connectivity index (χ3v) is 6.36. The Morgan fingerprint density at radius 2 is 1.94 bits per heavy atom. The van der Waals surface area contributed by atoms with Crippen molar-refractivity contribution in [2.45, 2.75) is 51.9 Å². The Balaban J connectivity index is 1.65. The highest BCUT2D eigenvalue weighted by molar-refractivity contribution is 6.03. The number of hydrogen-bond acceptors (Lipinski definition) is 4. The lowest BCUT2D eigenvalue weighted by Gasteiger charge is -2.44. The van der Waals surface area contributed by atoms with Crippen molar-refractivity contribution in [3.63, 3.8) is 0 Å². The van der Waals surface area contributed by atoms with E-state index < -0.39 is 5.54 Å². The van der Waals surface area contributed by atoms with E-state index in [-0.39, 0.29) is 17.9 Å². The van der Waals surface area contributed by atoms with E-state index in [9.17, 15) is 9.59 Å². The molecule has 1 aromatic heterocycles. The first-order valence-electron chi connectivity index (χ1n) is 11.8. The van der Waals surface area contributed by atoms with Crippen LogP contribution in [-0.2, 0) is 22.6 Å². The lowest BCUT2D eigenvalue weighted by molar-refractivity contribution is -0.133. The lowest BCUT2D eigenvalue weighted by atomic mass is 9.93. The normalized spacial score (nSPS) is 17.8. The highest BCUT2D eigenvalue weighted by Gasteiger charge is 2.47. The molecule has 0 bridgehead atoms. The third kappa shape index (κ3) is 4.66. The second kappa shape index (κ2) is 9.89. The van der Waals surface area contributed by atoms with E-state index in [0.717, 1.165) is 16.5 Å². The molecule has 0 aliphatic carbocycles. The van der Waals surface area contributed by atoms with E-state index >= 15 is 0 Å². The summed E-state index contributed by atoms with van der Waals surface area (Å²) < 4.78 is 12.9. The quantitative estimate of drug-likeness (QED) is 0.487. The summed E-state index contributed by atoms with van der Waals surface area (Å²) in [6.07, 6.45) is 0.865. The predicted molar refractivity (Wildman–Crippen MR) is 132 cm³/mol. The average molecular weight is 464 g/mol. The van der Waals surface area contributed by atoms with Crippen molar-refractivity contribution >= 4 is 22.7 Å². The van der Waals surface area contributed by atoms with Crippen molar-refractivity contribution in [2.75, 3.05) is 20.3 Å². The number of ether oxygens (including phenoxy) is 2. The van der Waals surface area contributed by atoms with Gasteiger partial charge in [0.2, 0.25) is 5.91 Å². The molecule has 0 saturated carbocycles. The van der Waals surface area contributed by atoms with Crippen molar-refractivity contribution in [3.05, 3.63) is 65.9 Å². The maximum absolute atomic E-state index is 13.8. The number of benzene rings is 2. The Labute approximate surface area is 200 Å². The molecule has 180 valence electrons. The molecule has 0 unspecified atom stereocenters. The fourth-order valence-electron chi connectivity index (χ4n) is 4.49. The summed E-state index contributed by atoms with van der Waals surface area (Å²) >= 11 is 0. The molecule has 2 aromatic carbocycles. The van der Waals surface area contributed by atoms with Gasteiger partial charge in [0, 0.05) is 30.6 Å². The Morgan fingerprint density at radius 1 is 1.15 bits per heavy atom. The SMILES string of the molecule is COc1cccc(CN2C(=O)c3cc4ccccc4n3C[C@@]2(C)C(=O)NCCCOC(C)C)c1. The summed E-state index contributed by atoms with van der Waals surface area (Å²) in [5, 5.41) is 4.03. The minimum atomic E-state index is -1.06. The molecule has 3 aromatic rings. The van der Waals surface area contributed by atoms with Gasteiger partial charge in [0.15, 0.2) is 0 Å². The first kappa shape index (κ1) is 23.8. The number of carbonyl (C=O) groups is 2. The van der Waals surface area contributed by atoms with Gasteiger partial charge in [-0.25, -0.2) is 0 Å². The fourth-order valence-corrected chi connectivity index (χ4v) is 4.49. The second-order valence-electron chi connectivity index (χ2n) is 9.22. The fraction of sp³-hybridized carbons (Fsp3) is 0.407. The van der Waals surface area contributed by atoms with Gasteiger partial charge in [0.1, 0.15) is 17.0 Å². The van der Waals surface area contributed by atoms with E-state index in [1.807, 2.05) is 79.9 Å². The number of para-hydroxylation sites is 1. The van der Waals surface area contributed by atoms with Crippen LogP contribution in [-0.4, -0.2) is 53.2 Å². The summed E-state index contributed by atoms with van der Waals surface area (Å²) in [6.45, 7) is 7.57. The van der Waals surface area contributed by atoms with Gasteiger partial charge in [0.25, 0.3) is 5.91 Å². The summed E-state index contributed by atoms with van der Waals surface area (Å²) in [7, 11) is 1.62. The Hall–Kier alpha value is -3.32. The van der Waals surface area contributed by atoms with Crippen molar-refractivity contribution in [1.82, 2.24) is 14.8 Å². The Morgan fingerprint density at radius 3 is 2.71 bits per heavy atom. The van der Waals surface area contributed by atoms with Crippen LogP contribution >= 0.6 is 0 Å². The monoisotopic (exact) mass is 463 g/mol. The molecular weight excluding hydrogens is 430 g/mol. The molecule has 34 heavy (non-hydrogen) atoms. The smallest absolute Gasteiger partial charge is 0.271 e. The zero-order valence-corrected chi connectivity index (χ0v) is 20.3. The number of aromatic nitrogens is 1. The molecule has 0 radical (unpaired) electrons. The molecule has 4 rings (SSSR count).